The lowest BCUT2D eigenvalue weighted by Gasteiger charge is -2.33. The SMILES string of the molecule is Cc1ccc(CCCN2CCN(C(=O)Oc3ccc(NC(=O)c4ccc(CN5CCOCC5)cc4)nc3)CC2)nc1. The number of carbonyl (C=O) groups excluding carboxylic acids is 2. The summed E-state index contributed by atoms with van der Waals surface area (Å²) in [5.74, 6) is 0.489. The number of hydrogen-bond donors (Lipinski definition) is 1. The fraction of sp³-hybridized carbons (Fsp3) is 0.419. The average molecular weight is 559 g/mol. The molecule has 4 heterocycles. The molecule has 3 aromatic rings. The molecule has 1 N–H and O–H groups in total. The predicted molar refractivity (Wildman–Crippen MR) is 156 cm³/mol. The quantitative estimate of drug-likeness (QED) is 0.425. The number of piperazine rings is 1. The van der Waals surface area contributed by atoms with Gasteiger partial charge in [0.15, 0.2) is 5.75 Å². The third kappa shape index (κ3) is 8.56. The normalized spacial score (nSPS) is 16.4. The molecule has 10 nitrogen and oxygen atoms in total. The number of aromatic nitrogens is 2. The number of nitrogens with one attached hydrogen (secondary N) is 1. The van der Waals surface area contributed by atoms with Gasteiger partial charge in [0.25, 0.3) is 5.91 Å². The van der Waals surface area contributed by atoms with Crippen molar-refractivity contribution in [2.24, 2.45) is 0 Å². The van der Waals surface area contributed by atoms with Gasteiger partial charge in [-0.3, -0.25) is 19.6 Å². The summed E-state index contributed by atoms with van der Waals surface area (Å²) in [6.45, 7) is 10.1. The van der Waals surface area contributed by atoms with Crippen molar-refractivity contribution in [1.29, 1.82) is 0 Å². The molecule has 0 unspecified atom stereocenters. The molecule has 10 heteroatoms. The number of benzene rings is 1. The zero-order valence-electron chi connectivity index (χ0n) is 23.6. The van der Waals surface area contributed by atoms with Gasteiger partial charge < -0.3 is 19.7 Å². The maximum Gasteiger partial charge on any atom is 0.415 e. The number of aryl methyl sites for hydroxylation is 2. The zero-order valence-corrected chi connectivity index (χ0v) is 23.6. The molecule has 0 atom stereocenters. The van der Waals surface area contributed by atoms with Crippen molar-refractivity contribution in [1.82, 2.24) is 24.7 Å². The minimum atomic E-state index is -0.385. The maximum atomic E-state index is 12.7. The molecule has 2 saturated heterocycles. The molecule has 0 spiro atoms. The molecule has 0 bridgehead atoms. The van der Waals surface area contributed by atoms with Crippen molar-refractivity contribution >= 4 is 17.8 Å². The van der Waals surface area contributed by atoms with Crippen LogP contribution >= 0.6 is 0 Å². The van der Waals surface area contributed by atoms with Crippen LogP contribution in [0.3, 0.4) is 0 Å². The molecule has 2 amide bonds. The predicted octanol–water partition coefficient (Wildman–Crippen LogP) is 3.62. The Bertz CT molecular complexity index is 1270. The van der Waals surface area contributed by atoms with Gasteiger partial charge in [0.1, 0.15) is 5.82 Å². The van der Waals surface area contributed by atoms with Crippen LogP contribution in [0.1, 0.15) is 33.6 Å². The maximum absolute atomic E-state index is 12.7. The average Bonchev–Trinajstić information content (AvgIpc) is 3.00. The molecule has 1 aromatic carbocycles. The van der Waals surface area contributed by atoms with E-state index in [0.29, 0.717) is 30.2 Å². The molecule has 2 aliphatic rings. The fourth-order valence-corrected chi connectivity index (χ4v) is 4.93. The molecule has 5 rings (SSSR count). The Hall–Kier alpha value is -3.86. The van der Waals surface area contributed by atoms with Crippen LogP contribution in [0.2, 0.25) is 0 Å². The van der Waals surface area contributed by atoms with Gasteiger partial charge >= 0.3 is 6.09 Å². The summed E-state index contributed by atoms with van der Waals surface area (Å²) in [6.07, 6.45) is 4.97. The van der Waals surface area contributed by atoms with E-state index in [9.17, 15) is 9.59 Å². The van der Waals surface area contributed by atoms with Crippen molar-refractivity contribution in [3.63, 3.8) is 0 Å². The third-order valence-corrected chi connectivity index (χ3v) is 7.42. The standard InChI is InChI=1S/C31H38N6O4/c1-24-4-9-27(32-21-24)3-2-12-35-13-15-37(16-14-35)31(39)41-28-10-11-29(33-22-28)34-30(38)26-7-5-25(6-8-26)23-36-17-19-40-20-18-36/h4-11,21-22H,2-3,12-20,23H2,1H3,(H,33,34,38). The lowest BCUT2D eigenvalue weighted by Crippen LogP contribution is -2.49. The highest BCUT2D eigenvalue weighted by Crippen LogP contribution is 2.16. The van der Waals surface area contributed by atoms with Crippen LogP contribution in [0.15, 0.2) is 60.9 Å². The second-order valence-corrected chi connectivity index (χ2v) is 10.5. The van der Waals surface area contributed by atoms with Gasteiger partial charge in [0, 0.05) is 63.3 Å². The first kappa shape index (κ1) is 28.7. The highest BCUT2D eigenvalue weighted by molar-refractivity contribution is 6.03. The Morgan fingerprint density at radius 1 is 0.878 bits per heavy atom. The van der Waals surface area contributed by atoms with Gasteiger partial charge in [-0.2, -0.15) is 0 Å². The van der Waals surface area contributed by atoms with E-state index in [0.717, 1.165) is 76.6 Å². The van der Waals surface area contributed by atoms with Gasteiger partial charge in [-0.1, -0.05) is 18.2 Å². The van der Waals surface area contributed by atoms with E-state index in [4.69, 9.17) is 9.47 Å². The number of anilines is 1. The summed E-state index contributed by atoms with van der Waals surface area (Å²) in [6, 6.07) is 15.1. The smallest absolute Gasteiger partial charge is 0.409 e. The molecule has 0 radical (unpaired) electrons. The van der Waals surface area contributed by atoms with Crippen LogP contribution in [0.5, 0.6) is 5.75 Å². The number of morpholine rings is 1. The van der Waals surface area contributed by atoms with Gasteiger partial charge in [0.05, 0.1) is 19.4 Å². The lowest BCUT2D eigenvalue weighted by atomic mass is 10.1. The molecular formula is C31H38N6O4. The van der Waals surface area contributed by atoms with E-state index in [1.807, 2.05) is 37.4 Å². The number of rotatable bonds is 9. The third-order valence-electron chi connectivity index (χ3n) is 7.42. The number of ether oxygens (including phenoxy) is 2. The number of amides is 2. The number of nitrogens with zero attached hydrogens (tertiary/aromatic N) is 5. The van der Waals surface area contributed by atoms with Gasteiger partial charge in [0.2, 0.25) is 0 Å². The monoisotopic (exact) mass is 558 g/mol. The Labute approximate surface area is 241 Å². The Balaban J connectivity index is 1.02. The topological polar surface area (TPSA) is 100 Å². The summed E-state index contributed by atoms with van der Waals surface area (Å²) in [5, 5.41) is 2.80. The van der Waals surface area contributed by atoms with Crippen LogP contribution in [-0.2, 0) is 17.7 Å². The first-order chi connectivity index (χ1) is 20.0. The Kier molecular flexibility index (Phi) is 9.90. The summed E-state index contributed by atoms with van der Waals surface area (Å²) >= 11 is 0. The second kappa shape index (κ2) is 14.2. The molecule has 2 aliphatic heterocycles. The van der Waals surface area contributed by atoms with Crippen molar-refractivity contribution in [3.8, 4) is 5.75 Å². The van der Waals surface area contributed by atoms with E-state index in [1.165, 1.54) is 11.8 Å². The highest BCUT2D eigenvalue weighted by atomic mass is 16.6. The Morgan fingerprint density at radius 2 is 1.66 bits per heavy atom. The molecule has 0 saturated carbocycles. The van der Waals surface area contributed by atoms with Crippen LogP contribution in [0, 0.1) is 6.92 Å². The number of pyridine rings is 2. The molecule has 216 valence electrons. The summed E-state index contributed by atoms with van der Waals surface area (Å²) in [4.78, 5) is 40.5. The second-order valence-electron chi connectivity index (χ2n) is 10.5. The number of hydrogen-bond acceptors (Lipinski definition) is 8. The fourth-order valence-electron chi connectivity index (χ4n) is 4.93. The zero-order chi connectivity index (χ0) is 28.4. The van der Waals surface area contributed by atoms with Crippen LogP contribution in [0.4, 0.5) is 10.6 Å². The molecule has 2 aromatic heterocycles. The molecular weight excluding hydrogens is 520 g/mol. The van der Waals surface area contributed by atoms with Gasteiger partial charge in [-0.25, -0.2) is 9.78 Å². The van der Waals surface area contributed by atoms with E-state index < -0.39 is 0 Å². The van der Waals surface area contributed by atoms with Gasteiger partial charge in [-0.15, -0.1) is 0 Å². The first-order valence-electron chi connectivity index (χ1n) is 14.3. The van der Waals surface area contributed by atoms with Crippen molar-refractivity contribution in [2.45, 2.75) is 26.3 Å². The van der Waals surface area contributed by atoms with Crippen LogP contribution in [-0.4, -0.2) is 95.7 Å². The minimum Gasteiger partial charge on any atom is -0.409 e. The van der Waals surface area contributed by atoms with Gasteiger partial charge in [-0.05, 0) is 67.8 Å². The van der Waals surface area contributed by atoms with Crippen molar-refractivity contribution < 1.29 is 19.1 Å². The minimum absolute atomic E-state index is 0.242. The Morgan fingerprint density at radius 3 is 2.34 bits per heavy atom. The lowest BCUT2D eigenvalue weighted by molar-refractivity contribution is 0.0342. The largest absolute Gasteiger partial charge is 0.415 e. The van der Waals surface area contributed by atoms with E-state index >= 15 is 0 Å². The molecule has 0 aliphatic carbocycles. The van der Waals surface area contributed by atoms with Crippen LogP contribution in [0.25, 0.3) is 0 Å². The number of carbonyl (C=O) groups is 2. The van der Waals surface area contributed by atoms with Crippen LogP contribution < -0.4 is 10.1 Å². The summed E-state index contributed by atoms with van der Waals surface area (Å²) < 4.78 is 10.9. The summed E-state index contributed by atoms with van der Waals surface area (Å²) in [7, 11) is 0. The van der Waals surface area contributed by atoms with E-state index in [2.05, 4.69) is 37.2 Å². The van der Waals surface area contributed by atoms with Crippen molar-refractivity contribution in [2.75, 3.05) is 64.3 Å². The van der Waals surface area contributed by atoms with E-state index in [1.54, 1.807) is 17.0 Å². The van der Waals surface area contributed by atoms with E-state index in [-0.39, 0.29) is 12.0 Å². The first-order valence-corrected chi connectivity index (χ1v) is 14.3. The molecule has 41 heavy (non-hydrogen) atoms. The summed E-state index contributed by atoms with van der Waals surface area (Å²) in [5.41, 5.74) is 4.00. The molecule has 2 fully saturated rings. The highest BCUT2D eigenvalue weighted by Gasteiger charge is 2.22. The van der Waals surface area contributed by atoms with Crippen molar-refractivity contribution in [3.05, 3.63) is 83.3 Å².